The molecule has 0 amide bonds. The smallest absolute Gasteiger partial charge is 0.126 e. The predicted molar refractivity (Wildman–Crippen MR) is 123 cm³/mol. The molecular formula is C22H29Cl2N5O. The van der Waals surface area contributed by atoms with Gasteiger partial charge >= 0.3 is 0 Å². The van der Waals surface area contributed by atoms with Gasteiger partial charge in [0.1, 0.15) is 11.6 Å². The Hall–Kier alpha value is -1.60. The third-order valence-corrected chi connectivity index (χ3v) is 6.60. The van der Waals surface area contributed by atoms with Crippen LogP contribution in [0.1, 0.15) is 38.5 Å². The number of anilines is 2. The first kappa shape index (κ1) is 21.6. The monoisotopic (exact) mass is 449 g/mol. The van der Waals surface area contributed by atoms with Crippen LogP contribution in [0.5, 0.6) is 0 Å². The van der Waals surface area contributed by atoms with Gasteiger partial charge in [-0.15, -0.1) is 0 Å². The van der Waals surface area contributed by atoms with Gasteiger partial charge in [-0.1, -0.05) is 23.2 Å². The topological polar surface area (TPSA) is 85.1 Å². The van der Waals surface area contributed by atoms with Crippen molar-refractivity contribution < 1.29 is 4.74 Å². The van der Waals surface area contributed by atoms with Crippen LogP contribution in [0.3, 0.4) is 0 Å². The summed E-state index contributed by atoms with van der Waals surface area (Å²) in [5, 5.41) is 8.06. The molecule has 30 heavy (non-hydrogen) atoms. The third-order valence-electron chi connectivity index (χ3n) is 5.99. The SMILES string of the molecule is NC1CCC(Nc2cc(-c3nc(NCC4CCOCC4)ccc3Cl)c(Cl)cn2)CC1. The molecule has 4 rings (SSSR count). The number of pyridine rings is 2. The molecule has 2 aliphatic rings. The molecule has 1 saturated heterocycles. The molecule has 3 heterocycles. The molecule has 2 fully saturated rings. The highest BCUT2D eigenvalue weighted by Gasteiger charge is 2.20. The van der Waals surface area contributed by atoms with E-state index in [0.29, 0.717) is 33.7 Å². The molecule has 0 aromatic carbocycles. The zero-order chi connectivity index (χ0) is 20.9. The van der Waals surface area contributed by atoms with Crippen LogP contribution >= 0.6 is 23.2 Å². The Kier molecular flexibility index (Phi) is 7.31. The van der Waals surface area contributed by atoms with Crippen LogP contribution in [0.4, 0.5) is 11.6 Å². The average Bonchev–Trinajstić information content (AvgIpc) is 2.77. The van der Waals surface area contributed by atoms with Gasteiger partial charge in [0, 0.05) is 43.6 Å². The van der Waals surface area contributed by atoms with Crippen LogP contribution in [0.25, 0.3) is 11.3 Å². The summed E-state index contributed by atoms with van der Waals surface area (Å²) < 4.78 is 5.43. The molecule has 6 nitrogen and oxygen atoms in total. The Labute approximate surface area is 187 Å². The molecule has 8 heteroatoms. The number of ether oxygens (including phenoxy) is 1. The lowest BCUT2D eigenvalue weighted by atomic mass is 9.92. The first-order valence-corrected chi connectivity index (χ1v) is 11.5. The Bertz CT molecular complexity index is 851. The highest BCUT2D eigenvalue weighted by Crippen LogP contribution is 2.34. The molecule has 0 atom stereocenters. The molecule has 1 aliphatic heterocycles. The van der Waals surface area contributed by atoms with E-state index in [1.54, 1.807) is 6.20 Å². The first-order chi connectivity index (χ1) is 14.6. The second-order valence-electron chi connectivity index (χ2n) is 8.27. The summed E-state index contributed by atoms with van der Waals surface area (Å²) in [6.45, 7) is 2.54. The largest absolute Gasteiger partial charge is 0.381 e. The number of nitrogens with one attached hydrogen (secondary N) is 2. The van der Waals surface area contributed by atoms with E-state index in [-0.39, 0.29) is 0 Å². The van der Waals surface area contributed by atoms with Gasteiger partial charge < -0.3 is 21.1 Å². The van der Waals surface area contributed by atoms with E-state index in [0.717, 1.165) is 75.5 Å². The van der Waals surface area contributed by atoms with Crippen molar-refractivity contribution in [3.8, 4) is 11.3 Å². The van der Waals surface area contributed by atoms with Gasteiger partial charge in [-0.05, 0) is 62.6 Å². The van der Waals surface area contributed by atoms with Crippen molar-refractivity contribution >= 4 is 34.8 Å². The molecule has 1 aliphatic carbocycles. The molecular weight excluding hydrogens is 421 g/mol. The van der Waals surface area contributed by atoms with Crippen molar-refractivity contribution in [2.24, 2.45) is 11.7 Å². The number of nitrogens with two attached hydrogens (primary N) is 1. The number of hydrogen-bond acceptors (Lipinski definition) is 6. The van der Waals surface area contributed by atoms with Crippen molar-refractivity contribution in [3.05, 3.63) is 34.4 Å². The van der Waals surface area contributed by atoms with E-state index in [1.165, 1.54) is 0 Å². The lowest BCUT2D eigenvalue weighted by molar-refractivity contribution is 0.0699. The summed E-state index contributed by atoms with van der Waals surface area (Å²) in [4.78, 5) is 9.21. The maximum atomic E-state index is 6.49. The fourth-order valence-corrected chi connectivity index (χ4v) is 4.50. The Morgan fingerprint density at radius 2 is 1.77 bits per heavy atom. The van der Waals surface area contributed by atoms with E-state index < -0.39 is 0 Å². The molecule has 4 N–H and O–H groups in total. The van der Waals surface area contributed by atoms with Crippen LogP contribution in [0.15, 0.2) is 24.4 Å². The number of halogens is 2. The predicted octanol–water partition coefficient (Wildman–Crippen LogP) is 4.97. The summed E-state index contributed by atoms with van der Waals surface area (Å²) in [7, 11) is 0. The number of rotatable bonds is 6. The van der Waals surface area contributed by atoms with Gasteiger partial charge in [0.2, 0.25) is 0 Å². The van der Waals surface area contributed by atoms with Crippen LogP contribution in [0.2, 0.25) is 10.0 Å². The molecule has 162 valence electrons. The minimum absolute atomic E-state index is 0.316. The molecule has 0 spiro atoms. The summed E-state index contributed by atoms with van der Waals surface area (Å²) in [5.74, 6) is 2.18. The van der Waals surface area contributed by atoms with Gasteiger partial charge in [0.15, 0.2) is 0 Å². The van der Waals surface area contributed by atoms with Gasteiger partial charge in [0.05, 0.1) is 15.7 Å². The quantitative estimate of drug-likeness (QED) is 0.576. The molecule has 0 bridgehead atoms. The van der Waals surface area contributed by atoms with Gasteiger partial charge in [-0.2, -0.15) is 0 Å². The second kappa shape index (κ2) is 10.1. The summed E-state index contributed by atoms with van der Waals surface area (Å²) in [6.07, 6.45) is 7.97. The zero-order valence-electron chi connectivity index (χ0n) is 17.0. The highest BCUT2D eigenvalue weighted by molar-refractivity contribution is 6.36. The zero-order valence-corrected chi connectivity index (χ0v) is 18.6. The Morgan fingerprint density at radius 1 is 1.00 bits per heavy atom. The molecule has 2 aromatic heterocycles. The van der Waals surface area contributed by atoms with Gasteiger partial charge in [-0.25, -0.2) is 9.97 Å². The lowest BCUT2D eigenvalue weighted by Gasteiger charge is -2.27. The number of aromatic nitrogens is 2. The fourth-order valence-electron chi connectivity index (χ4n) is 4.10. The lowest BCUT2D eigenvalue weighted by Crippen LogP contribution is -2.33. The van der Waals surface area contributed by atoms with E-state index in [2.05, 4.69) is 15.6 Å². The van der Waals surface area contributed by atoms with Crippen LogP contribution < -0.4 is 16.4 Å². The van der Waals surface area contributed by atoms with E-state index in [4.69, 9.17) is 38.7 Å². The summed E-state index contributed by atoms with van der Waals surface area (Å²) in [5.41, 5.74) is 7.46. The molecule has 0 unspecified atom stereocenters. The van der Waals surface area contributed by atoms with Gasteiger partial charge in [0.25, 0.3) is 0 Å². The molecule has 2 aromatic rings. The first-order valence-electron chi connectivity index (χ1n) is 10.7. The number of nitrogens with zero attached hydrogens (tertiary/aromatic N) is 2. The van der Waals surface area contributed by atoms with Crippen molar-refractivity contribution in [3.63, 3.8) is 0 Å². The number of hydrogen-bond donors (Lipinski definition) is 3. The standard InChI is InChI=1S/C22H29Cl2N5O/c23-18-5-6-20(26-12-14-7-9-30-10-8-14)29-22(18)17-11-21(27-13-19(17)24)28-16-3-1-15(25)2-4-16/h5-6,11,13-16H,1-4,7-10,12,25H2,(H,26,29)(H,27,28). The normalized spacial score (nSPS) is 22.6. The second-order valence-corrected chi connectivity index (χ2v) is 9.08. The van der Waals surface area contributed by atoms with Gasteiger partial charge in [-0.3, -0.25) is 0 Å². The van der Waals surface area contributed by atoms with E-state index in [1.807, 2.05) is 18.2 Å². The highest BCUT2D eigenvalue weighted by atomic mass is 35.5. The summed E-state index contributed by atoms with van der Waals surface area (Å²) in [6, 6.07) is 6.40. The van der Waals surface area contributed by atoms with E-state index >= 15 is 0 Å². The maximum absolute atomic E-state index is 6.49. The average molecular weight is 450 g/mol. The fraction of sp³-hybridized carbons (Fsp3) is 0.545. The van der Waals surface area contributed by atoms with Crippen molar-refractivity contribution in [1.82, 2.24) is 9.97 Å². The van der Waals surface area contributed by atoms with Crippen LogP contribution in [-0.2, 0) is 4.74 Å². The Morgan fingerprint density at radius 3 is 2.53 bits per heavy atom. The minimum Gasteiger partial charge on any atom is -0.381 e. The molecule has 1 saturated carbocycles. The summed E-state index contributed by atoms with van der Waals surface area (Å²) >= 11 is 13.0. The Balaban J connectivity index is 1.49. The van der Waals surface area contributed by atoms with Crippen molar-refractivity contribution in [2.45, 2.75) is 50.6 Å². The van der Waals surface area contributed by atoms with Crippen LogP contribution in [0, 0.1) is 5.92 Å². The van der Waals surface area contributed by atoms with Crippen molar-refractivity contribution in [1.29, 1.82) is 0 Å². The van der Waals surface area contributed by atoms with E-state index in [9.17, 15) is 0 Å². The minimum atomic E-state index is 0.316. The van der Waals surface area contributed by atoms with Crippen LogP contribution in [-0.4, -0.2) is 41.8 Å². The third kappa shape index (κ3) is 5.55. The van der Waals surface area contributed by atoms with Crippen molar-refractivity contribution in [2.75, 3.05) is 30.4 Å². The maximum Gasteiger partial charge on any atom is 0.126 e. The molecule has 0 radical (unpaired) electrons.